The second-order valence-electron chi connectivity index (χ2n) is 3.70. The molecule has 0 saturated carbocycles. The molecule has 0 bridgehead atoms. The lowest BCUT2D eigenvalue weighted by Gasteiger charge is -2.17. The van der Waals surface area contributed by atoms with Gasteiger partial charge < -0.3 is 4.74 Å². The molecule has 0 aliphatic carbocycles. The highest BCUT2D eigenvalue weighted by molar-refractivity contribution is 7.89. The second kappa shape index (κ2) is 6.56. The summed E-state index contributed by atoms with van der Waals surface area (Å²) in [7, 11) is -1.19. The van der Waals surface area contributed by atoms with Crippen LogP contribution in [0.2, 0.25) is 10.0 Å². The van der Waals surface area contributed by atoms with Crippen LogP contribution in [0.25, 0.3) is 0 Å². The van der Waals surface area contributed by atoms with E-state index in [1.165, 1.54) is 32.4 Å². The first-order chi connectivity index (χ1) is 8.80. The topological polar surface area (TPSA) is 63.7 Å². The number of benzene rings is 1. The Morgan fingerprint density at radius 3 is 2.58 bits per heavy atom. The monoisotopic (exact) mass is 325 g/mol. The minimum atomic E-state index is -3.79. The Hall–Kier alpha value is -0.820. The number of carbonyl (C=O) groups excluding carboxylic acids is 1. The van der Waals surface area contributed by atoms with Crippen LogP contribution in [0.15, 0.2) is 23.1 Å². The highest BCUT2D eigenvalue weighted by Crippen LogP contribution is 2.30. The molecule has 0 unspecified atom stereocenters. The summed E-state index contributed by atoms with van der Waals surface area (Å²) in [5.74, 6) is -0.487. The quantitative estimate of drug-likeness (QED) is 0.778. The van der Waals surface area contributed by atoms with Crippen LogP contribution >= 0.6 is 23.2 Å². The molecule has 0 radical (unpaired) electrons. The number of hydrogen-bond donors (Lipinski definition) is 0. The summed E-state index contributed by atoms with van der Waals surface area (Å²) in [6.45, 7) is -0.00213. The van der Waals surface area contributed by atoms with Crippen LogP contribution in [-0.2, 0) is 19.6 Å². The van der Waals surface area contributed by atoms with E-state index in [2.05, 4.69) is 4.74 Å². The first-order valence-corrected chi connectivity index (χ1v) is 7.47. The minimum absolute atomic E-state index is 0.00213. The first-order valence-electron chi connectivity index (χ1n) is 5.28. The van der Waals surface area contributed by atoms with Gasteiger partial charge in [0.05, 0.1) is 23.6 Å². The van der Waals surface area contributed by atoms with Crippen LogP contribution in [0.5, 0.6) is 0 Å². The predicted octanol–water partition coefficient (Wildman–Crippen LogP) is 2.18. The summed E-state index contributed by atoms with van der Waals surface area (Å²) in [4.78, 5) is 10.9. The summed E-state index contributed by atoms with van der Waals surface area (Å²) in [5.41, 5.74) is 0. The van der Waals surface area contributed by atoms with E-state index in [0.717, 1.165) is 4.31 Å². The highest BCUT2D eigenvalue weighted by atomic mass is 35.5. The van der Waals surface area contributed by atoms with Gasteiger partial charge in [-0.05, 0) is 12.1 Å². The van der Waals surface area contributed by atoms with E-state index in [9.17, 15) is 13.2 Å². The predicted molar refractivity (Wildman–Crippen MR) is 72.9 cm³/mol. The Kier molecular flexibility index (Phi) is 5.61. The Labute approximate surface area is 122 Å². The van der Waals surface area contributed by atoms with Crippen LogP contribution in [0, 0.1) is 0 Å². The minimum Gasteiger partial charge on any atom is -0.469 e. The number of carbonyl (C=O) groups is 1. The van der Waals surface area contributed by atoms with Crippen molar-refractivity contribution in [2.75, 3.05) is 20.7 Å². The molecule has 0 spiro atoms. The van der Waals surface area contributed by atoms with Crippen LogP contribution in [0.1, 0.15) is 6.42 Å². The van der Waals surface area contributed by atoms with Crippen LogP contribution < -0.4 is 0 Å². The van der Waals surface area contributed by atoms with Gasteiger partial charge in [0.15, 0.2) is 0 Å². The van der Waals surface area contributed by atoms with Gasteiger partial charge in [-0.15, -0.1) is 0 Å². The van der Waals surface area contributed by atoms with Crippen molar-refractivity contribution in [2.24, 2.45) is 0 Å². The van der Waals surface area contributed by atoms with Gasteiger partial charge in [0.25, 0.3) is 0 Å². The highest BCUT2D eigenvalue weighted by Gasteiger charge is 2.24. The SMILES string of the molecule is COC(=O)CCN(C)S(=O)(=O)c1cccc(Cl)c1Cl. The molecular weight excluding hydrogens is 313 g/mol. The Balaban J connectivity index is 2.97. The lowest BCUT2D eigenvalue weighted by atomic mass is 10.4. The fourth-order valence-electron chi connectivity index (χ4n) is 1.32. The molecule has 0 fully saturated rings. The summed E-state index contributed by atoms with van der Waals surface area (Å²) < 4.78 is 30.0. The molecule has 0 N–H and O–H groups in total. The van der Waals surface area contributed by atoms with Crippen molar-refractivity contribution in [3.8, 4) is 0 Å². The molecule has 106 valence electrons. The van der Waals surface area contributed by atoms with E-state index < -0.39 is 16.0 Å². The molecule has 1 aromatic rings. The van der Waals surface area contributed by atoms with Crippen LogP contribution in [0.3, 0.4) is 0 Å². The van der Waals surface area contributed by atoms with Crippen molar-refractivity contribution >= 4 is 39.2 Å². The number of hydrogen-bond acceptors (Lipinski definition) is 4. The maximum atomic E-state index is 12.2. The van der Waals surface area contributed by atoms with Crippen molar-refractivity contribution < 1.29 is 17.9 Å². The number of halogens is 2. The fourth-order valence-corrected chi connectivity index (χ4v) is 3.23. The summed E-state index contributed by atoms with van der Waals surface area (Å²) in [6, 6.07) is 4.35. The summed E-state index contributed by atoms with van der Waals surface area (Å²) in [5, 5.41) is 0.123. The van der Waals surface area contributed by atoms with E-state index in [4.69, 9.17) is 23.2 Å². The van der Waals surface area contributed by atoms with Gasteiger partial charge in [-0.1, -0.05) is 29.3 Å². The van der Waals surface area contributed by atoms with Crippen molar-refractivity contribution in [1.29, 1.82) is 0 Å². The molecule has 0 heterocycles. The number of rotatable bonds is 5. The molecule has 1 aromatic carbocycles. The molecule has 0 aliphatic heterocycles. The maximum Gasteiger partial charge on any atom is 0.306 e. The van der Waals surface area contributed by atoms with Crippen molar-refractivity contribution in [3.05, 3.63) is 28.2 Å². The maximum absolute atomic E-state index is 12.2. The number of nitrogens with zero attached hydrogens (tertiary/aromatic N) is 1. The number of ether oxygens (including phenoxy) is 1. The molecule has 5 nitrogen and oxygen atoms in total. The first kappa shape index (κ1) is 16.2. The third-order valence-corrected chi connectivity index (χ3v) is 5.29. The molecule has 19 heavy (non-hydrogen) atoms. The van der Waals surface area contributed by atoms with Gasteiger partial charge >= 0.3 is 5.97 Å². The normalized spacial score (nSPS) is 11.6. The van der Waals surface area contributed by atoms with Crippen molar-refractivity contribution in [2.45, 2.75) is 11.3 Å². The van der Waals surface area contributed by atoms with Crippen LogP contribution in [-0.4, -0.2) is 39.4 Å². The molecule has 0 aromatic heterocycles. The van der Waals surface area contributed by atoms with Gasteiger partial charge in [-0.2, -0.15) is 0 Å². The zero-order chi connectivity index (χ0) is 14.6. The molecule has 8 heteroatoms. The van der Waals surface area contributed by atoms with E-state index in [-0.39, 0.29) is 27.9 Å². The molecule has 0 atom stereocenters. The van der Waals surface area contributed by atoms with E-state index in [0.29, 0.717) is 0 Å². The van der Waals surface area contributed by atoms with E-state index in [1.54, 1.807) is 0 Å². The zero-order valence-electron chi connectivity index (χ0n) is 10.4. The number of esters is 1. The number of methoxy groups -OCH3 is 1. The third kappa shape index (κ3) is 3.82. The van der Waals surface area contributed by atoms with Gasteiger partial charge in [-0.3, -0.25) is 4.79 Å². The molecular formula is C11H13Cl2NO4S. The van der Waals surface area contributed by atoms with Gasteiger partial charge in [0, 0.05) is 13.6 Å². The molecule has 0 saturated heterocycles. The van der Waals surface area contributed by atoms with E-state index in [1.807, 2.05) is 0 Å². The second-order valence-corrected chi connectivity index (χ2v) is 6.50. The van der Waals surface area contributed by atoms with Gasteiger partial charge in [0.2, 0.25) is 10.0 Å². The van der Waals surface area contributed by atoms with Crippen molar-refractivity contribution in [3.63, 3.8) is 0 Å². The van der Waals surface area contributed by atoms with Crippen LogP contribution in [0.4, 0.5) is 0 Å². The Bertz CT molecular complexity index is 574. The average molecular weight is 326 g/mol. The zero-order valence-corrected chi connectivity index (χ0v) is 12.7. The number of sulfonamides is 1. The third-order valence-electron chi connectivity index (χ3n) is 2.46. The smallest absolute Gasteiger partial charge is 0.306 e. The standard InChI is InChI=1S/C11H13Cl2NO4S/c1-14(7-6-10(15)18-2)19(16,17)9-5-3-4-8(12)11(9)13/h3-5H,6-7H2,1-2H3. The van der Waals surface area contributed by atoms with E-state index >= 15 is 0 Å². The fraction of sp³-hybridized carbons (Fsp3) is 0.364. The Morgan fingerprint density at radius 1 is 1.37 bits per heavy atom. The van der Waals surface area contributed by atoms with Gasteiger partial charge in [0.1, 0.15) is 4.90 Å². The summed E-state index contributed by atoms with van der Waals surface area (Å²) >= 11 is 11.7. The lowest BCUT2D eigenvalue weighted by Crippen LogP contribution is -2.29. The Morgan fingerprint density at radius 2 is 2.00 bits per heavy atom. The largest absolute Gasteiger partial charge is 0.469 e. The van der Waals surface area contributed by atoms with Crippen molar-refractivity contribution in [1.82, 2.24) is 4.31 Å². The molecule has 1 rings (SSSR count). The molecule has 0 amide bonds. The van der Waals surface area contributed by atoms with Gasteiger partial charge in [-0.25, -0.2) is 12.7 Å². The molecule has 0 aliphatic rings. The summed E-state index contributed by atoms with van der Waals surface area (Å²) in [6.07, 6.45) is -0.0373. The average Bonchev–Trinajstić information content (AvgIpc) is 2.38. The lowest BCUT2D eigenvalue weighted by molar-refractivity contribution is -0.140.